The van der Waals surface area contributed by atoms with Crippen LogP contribution in [0.2, 0.25) is 0 Å². The molecule has 0 aromatic heterocycles. The van der Waals surface area contributed by atoms with Gasteiger partial charge in [-0.1, -0.05) is 0 Å². The van der Waals surface area contributed by atoms with E-state index in [0.29, 0.717) is 0 Å². The maximum absolute atomic E-state index is 8.06. The first-order chi connectivity index (χ1) is 3.46. The molecule has 0 aliphatic rings. The van der Waals surface area contributed by atoms with Gasteiger partial charge in [0.05, 0.1) is 0 Å². The Labute approximate surface area is 102 Å². The van der Waals surface area contributed by atoms with Crippen molar-refractivity contribution in [2.75, 3.05) is 0 Å². The Balaban J connectivity index is -0.0000000171. The van der Waals surface area contributed by atoms with Gasteiger partial charge in [-0.25, -0.2) is 0 Å². The van der Waals surface area contributed by atoms with Crippen molar-refractivity contribution in [3.63, 3.8) is 0 Å². The molecule has 0 spiro atoms. The van der Waals surface area contributed by atoms with Crippen LogP contribution in [-0.2, 0) is 18.6 Å². The second-order valence-corrected chi connectivity index (χ2v) is 2.19. The number of halogens is 2. The number of aliphatic hydroxyl groups excluding tert-OH is 2. The van der Waals surface area contributed by atoms with Gasteiger partial charge in [0, 0.05) is 30.8 Å². The summed E-state index contributed by atoms with van der Waals surface area (Å²) < 4.78 is 0. The summed E-state index contributed by atoms with van der Waals surface area (Å²) in [6.07, 6.45) is -0.333. The largest absolute Gasteiger partial charge is 0.394 e. The van der Waals surface area contributed by atoms with Crippen LogP contribution in [0.15, 0.2) is 0 Å². The van der Waals surface area contributed by atoms with E-state index >= 15 is 0 Å². The molecule has 0 rings (SSSR count). The van der Waals surface area contributed by atoms with E-state index < -0.39 is 0 Å². The summed E-state index contributed by atoms with van der Waals surface area (Å²) in [5.74, 6) is 0. The molecule has 0 aromatic carbocycles. The Kier molecular flexibility index (Phi) is 60.2. The minimum atomic E-state index is -0.167. The maximum atomic E-state index is 8.06. The standard InChI is InChI=1S/2C3H8O.2BrH.V/c2*1-3(2)4;;;/h2*3-4H,1-2H3;2*1H;. The van der Waals surface area contributed by atoms with Crippen LogP contribution < -0.4 is 0 Å². The summed E-state index contributed by atoms with van der Waals surface area (Å²) in [5.41, 5.74) is 0. The first-order valence-electron chi connectivity index (χ1n) is 2.83. The van der Waals surface area contributed by atoms with Crippen LogP contribution >= 0.6 is 34.0 Å². The normalized spacial score (nSPS) is 6.55. The van der Waals surface area contributed by atoms with Gasteiger partial charge in [0.25, 0.3) is 0 Å². The van der Waals surface area contributed by atoms with Crippen LogP contribution in [0.1, 0.15) is 27.7 Å². The smallest absolute Gasteiger partial charge is 0.0483 e. The van der Waals surface area contributed by atoms with E-state index in [2.05, 4.69) is 0 Å². The fourth-order valence-electron chi connectivity index (χ4n) is 0. The van der Waals surface area contributed by atoms with E-state index in [1.54, 1.807) is 27.7 Å². The van der Waals surface area contributed by atoms with E-state index in [1.165, 1.54) is 0 Å². The fourth-order valence-corrected chi connectivity index (χ4v) is 0. The summed E-state index contributed by atoms with van der Waals surface area (Å²) in [6, 6.07) is 0. The monoisotopic (exact) mass is 331 g/mol. The average molecular weight is 333 g/mol. The molecule has 73 valence electrons. The molecule has 0 atom stereocenters. The van der Waals surface area contributed by atoms with Gasteiger partial charge in [0.1, 0.15) is 0 Å². The summed E-state index contributed by atoms with van der Waals surface area (Å²) in [7, 11) is 0. The SMILES string of the molecule is Br.Br.CC(C)O.CC(C)O.[V]. The zero-order valence-corrected chi connectivity index (χ0v) is 12.1. The van der Waals surface area contributed by atoms with Crippen molar-refractivity contribution in [1.29, 1.82) is 0 Å². The fraction of sp³-hybridized carbons (Fsp3) is 1.00. The summed E-state index contributed by atoms with van der Waals surface area (Å²) in [4.78, 5) is 0. The zero-order chi connectivity index (χ0) is 7.15. The molecule has 0 fully saturated rings. The molecule has 0 unspecified atom stereocenters. The molecule has 2 N–H and O–H groups in total. The van der Waals surface area contributed by atoms with E-state index in [1.807, 2.05) is 0 Å². The van der Waals surface area contributed by atoms with Crippen molar-refractivity contribution in [2.24, 2.45) is 0 Å². The van der Waals surface area contributed by atoms with Crippen LogP contribution in [0.4, 0.5) is 0 Å². The molecular weight excluding hydrogens is 315 g/mol. The van der Waals surface area contributed by atoms with Gasteiger partial charge in [-0.2, -0.15) is 0 Å². The van der Waals surface area contributed by atoms with Crippen LogP contribution in [0.25, 0.3) is 0 Å². The van der Waals surface area contributed by atoms with Gasteiger partial charge in [-0.05, 0) is 27.7 Å². The molecule has 0 aliphatic heterocycles. The molecule has 0 aliphatic carbocycles. The van der Waals surface area contributed by atoms with Crippen molar-refractivity contribution >= 4 is 34.0 Å². The number of hydrogen-bond acceptors (Lipinski definition) is 2. The van der Waals surface area contributed by atoms with Crippen LogP contribution in [0.5, 0.6) is 0 Å². The molecule has 0 saturated carbocycles. The topological polar surface area (TPSA) is 40.5 Å². The molecule has 0 saturated heterocycles. The third-order valence-electron chi connectivity index (χ3n) is 0. The minimum Gasteiger partial charge on any atom is -0.394 e. The van der Waals surface area contributed by atoms with Gasteiger partial charge in [-0.3, -0.25) is 0 Å². The summed E-state index contributed by atoms with van der Waals surface area (Å²) >= 11 is 0. The van der Waals surface area contributed by atoms with E-state index in [9.17, 15) is 0 Å². The van der Waals surface area contributed by atoms with Crippen molar-refractivity contribution < 1.29 is 28.8 Å². The molecule has 0 aromatic rings. The predicted molar refractivity (Wildman–Crippen MR) is 55.4 cm³/mol. The maximum Gasteiger partial charge on any atom is 0.0483 e. The molecule has 5 heteroatoms. The molecular formula is C6H18Br2O2V. The zero-order valence-electron chi connectivity index (χ0n) is 7.31. The first-order valence-corrected chi connectivity index (χ1v) is 2.83. The Hall–Kier alpha value is 1.46. The Morgan fingerprint density at radius 2 is 0.727 bits per heavy atom. The van der Waals surface area contributed by atoms with Gasteiger partial charge < -0.3 is 10.2 Å². The van der Waals surface area contributed by atoms with E-state index in [4.69, 9.17) is 10.2 Å². The third-order valence-corrected chi connectivity index (χ3v) is 0. The second-order valence-electron chi connectivity index (χ2n) is 2.19. The molecule has 1 radical (unpaired) electrons. The quantitative estimate of drug-likeness (QED) is 0.711. The predicted octanol–water partition coefficient (Wildman–Crippen LogP) is 1.93. The summed E-state index contributed by atoms with van der Waals surface area (Å²) in [5, 5.41) is 16.1. The molecule has 11 heavy (non-hydrogen) atoms. The number of aliphatic hydroxyl groups is 2. The molecule has 0 amide bonds. The number of hydrogen-bond donors (Lipinski definition) is 2. The first kappa shape index (κ1) is 29.4. The van der Waals surface area contributed by atoms with Gasteiger partial charge >= 0.3 is 0 Å². The van der Waals surface area contributed by atoms with Crippen molar-refractivity contribution in [1.82, 2.24) is 0 Å². The van der Waals surface area contributed by atoms with Gasteiger partial charge in [0.2, 0.25) is 0 Å². The average Bonchev–Trinajstić information content (AvgIpc) is 1.25. The van der Waals surface area contributed by atoms with E-state index in [0.717, 1.165) is 0 Å². The van der Waals surface area contributed by atoms with E-state index in [-0.39, 0.29) is 64.7 Å². The Morgan fingerprint density at radius 1 is 0.727 bits per heavy atom. The van der Waals surface area contributed by atoms with Crippen molar-refractivity contribution in [3.8, 4) is 0 Å². The van der Waals surface area contributed by atoms with Crippen LogP contribution in [0, 0.1) is 0 Å². The van der Waals surface area contributed by atoms with Crippen LogP contribution in [0.3, 0.4) is 0 Å². The molecule has 0 bridgehead atoms. The molecule has 2 nitrogen and oxygen atoms in total. The van der Waals surface area contributed by atoms with Crippen LogP contribution in [-0.4, -0.2) is 22.4 Å². The van der Waals surface area contributed by atoms with Crippen molar-refractivity contribution in [3.05, 3.63) is 0 Å². The molecule has 0 heterocycles. The Morgan fingerprint density at radius 3 is 0.727 bits per heavy atom. The van der Waals surface area contributed by atoms with Crippen molar-refractivity contribution in [2.45, 2.75) is 39.9 Å². The number of rotatable bonds is 0. The van der Waals surface area contributed by atoms with Gasteiger partial charge in [0.15, 0.2) is 0 Å². The summed E-state index contributed by atoms with van der Waals surface area (Å²) in [6.45, 7) is 6.89. The third kappa shape index (κ3) is 479. The second kappa shape index (κ2) is 22.5. The van der Waals surface area contributed by atoms with Gasteiger partial charge in [-0.15, -0.1) is 34.0 Å². The minimum absolute atomic E-state index is 0. The Bertz CT molecular complexity index is 34.1.